The van der Waals surface area contributed by atoms with E-state index in [9.17, 15) is 0 Å². The fourth-order valence-electron chi connectivity index (χ4n) is 2.11. The van der Waals surface area contributed by atoms with E-state index in [4.69, 9.17) is 15.2 Å². The van der Waals surface area contributed by atoms with Crippen molar-refractivity contribution in [1.29, 1.82) is 0 Å². The first kappa shape index (κ1) is 8.80. The Kier molecular flexibility index (Phi) is 1.76. The number of hydrogen-bond acceptors (Lipinski definition) is 3. The highest BCUT2D eigenvalue weighted by molar-refractivity contribution is 5.47. The minimum atomic E-state index is -0.249. The molecule has 0 fully saturated rings. The fraction of sp³-hybridized carbons (Fsp3) is 0.333. The van der Waals surface area contributed by atoms with Gasteiger partial charge in [-0.2, -0.15) is 0 Å². The molecule has 0 saturated carbocycles. The Labute approximate surface area is 88.5 Å². The molecule has 1 aromatic carbocycles. The zero-order valence-electron chi connectivity index (χ0n) is 8.40. The van der Waals surface area contributed by atoms with E-state index in [2.05, 4.69) is 12.2 Å². The van der Waals surface area contributed by atoms with Crippen molar-refractivity contribution in [3.8, 4) is 11.5 Å². The van der Waals surface area contributed by atoms with Gasteiger partial charge >= 0.3 is 0 Å². The summed E-state index contributed by atoms with van der Waals surface area (Å²) in [7, 11) is 0. The minimum Gasteiger partial charge on any atom is -0.454 e. The molecule has 0 atom stereocenters. The maximum atomic E-state index is 6.32. The molecule has 3 nitrogen and oxygen atoms in total. The lowest BCUT2D eigenvalue weighted by Crippen LogP contribution is -2.33. The van der Waals surface area contributed by atoms with Gasteiger partial charge < -0.3 is 15.2 Å². The van der Waals surface area contributed by atoms with Crippen LogP contribution in [0.3, 0.4) is 0 Å². The normalized spacial score (nSPS) is 20.9. The monoisotopic (exact) mass is 203 g/mol. The van der Waals surface area contributed by atoms with Crippen molar-refractivity contribution in [3.05, 3.63) is 35.9 Å². The third-order valence-electron chi connectivity index (χ3n) is 3.08. The van der Waals surface area contributed by atoms with Gasteiger partial charge in [0.15, 0.2) is 11.5 Å². The number of benzene rings is 1. The van der Waals surface area contributed by atoms with E-state index in [-0.39, 0.29) is 5.54 Å². The molecule has 78 valence electrons. The van der Waals surface area contributed by atoms with Crippen LogP contribution in [0, 0.1) is 0 Å². The number of ether oxygens (including phenoxy) is 2. The second-order valence-corrected chi connectivity index (χ2v) is 4.10. The molecule has 0 spiro atoms. The average molecular weight is 203 g/mol. The standard InChI is InChI=1S/C12H13NO2/c13-12(5-1-2-6-12)9-3-4-10-11(7-9)15-8-14-10/h1-4,7H,5-6,8,13H2. The highest BCUT2D eigenvalue weighted by Crippen LogP contribution is 2.38. The van der Waals surface area contributed by atoms with Crippen LogP contribution in [0.2, 0.25) is 0 Å². The Balaban J connectivity index is 1.99. The Morgan fingerprint density at radius 3 is 2.60 bits per heavy atom. The zero-order chi connectivity index (χ0) is 10.3. The van der Waals surface area contributed by atoms with Crippen molar-refractivity contribution in [2.75, 3.05) is 6.79 Å². The molecule has 0 aromatic heterocycles. The van der Waals surface area contributed by atoms with Crippen LogP contribution in [0.25, 0.3) is 0 Å². The largest absolute Gasteiger partial charge is 0.454 e. The maximum absolute atomic E-state index is 6.32. The van der Waals surface area contributed by atoms with E-state index >= 15 is 0 Å². The first-order valence-electron chi connectivity index (χ1n) is 5.12. The Morgan fingerprint density at radius 2 is 1.80 bits per heavy atom. The molecule has 15 heavy (non-hydrogen) atoms. The number of rotatable bonds is 1. The van der Waals surface area contributed by atoms with Crippen LogP contribution in [0.4, 0.5) is 0 Å². The van der Waals surface area contributed by atoms with E-state index < -0.39 is 0 Å². The summed E-state index contributed by atoms with van der Waals surface area (Å²) in [5, 5.41) is 0. The van der Waals surface area contributed by atoms with Gasteiger partial charge in [0.1, 0.15) is 0 Å². The molecular weight excluding hydrogens is 190 g/mol. The summed E-state index contributed by atoms with van der Waals surface area (Å²) in [6, 6.07) is 5.96. The zero-order valence-corrected chi connectivity index (χ0v) is 8.40. The van der Waals surface area contributed by atoms with Crippen LogP contribution in [0.5, 0.6) is 11.5 Å². The summed E-state index contributed by atoms with van der Waals surface area (Å²) in [6.45, 7) is 0.314. The van der Waals surface area contributed by atoms with E-state index in [1.807, 2.05) is 18.2 Å². The molecule has 3 heteroatoms. The van der Waals surface area contributed by atoms with Crippen molar-refractivity contribution < 1.29 is 9.47 Å². The third-order valence-corrected chi connectivity index (χ3v) is 3.08. The van der Waals surface area contributed by atoms with Crippen molar-refractivity contribution in [1.82, 2.24) is 0 Å². The van der Waals surface area contributed by atoms with Crippen LogP contribution in [0.1, 0.15) is 18.4 Å². The topological polar surface area (TPSA) is 44.5 Å². The van der Waals surface area contributed by atoms with Gasteiger partial charge in [-0.1, -0.05) is 18.2 Å². The molecule has 2 aliphatic rings. The molecule has 1 aliphatic heterocycles. The molecule has 0 saturated heterocycles. The number of nitrogens with two attached hydrogens (primary N) is 1. The van der Waals surface area contributed by atoms with Gasteiger partial charge in [-0.3, -0.25) is 0 Å². The van der Waals surface area contributed by atoms with Gasteiger partial charge in [-0.25, -0.2) is 0 Å². The van der Waals surface area contributed by atoms with E-state index in [0.717, 1.165) is 29.9 Å². The van der Waals surface area contributed by atoms with Gasteiger partial charge in [0.05, 0.1) is 0 Å². The molecule has 3 rings (SSSR count). The fourth-order valence-corrected chi connectivity index (χ4v) is 2.11. The van der Waals surface area contributed by atoms with Gasteiger partial charge in [0.2, 0.25) is 6.79 Å². The Hall–Kier alpha value is -1.48. The predicted octanol–water partition coefficient (Wildman–Crippen LogP) is 1.92. The first-order valence-corrected chi connectivity index (χ1v) is 5.12. The second kappa shape index (κ2) is 3.00. The predicted molar refractivity (Wildman–Crippen MR) is 56.8 cm³/mol. The molecule has 1 aromatic rings. The van der Waals surface area contributed by atoms with E-state index in [0.29, 0.717) is 6.79 Å². The van der Waals surface area contributed by atoms with Crippen molar-refractivity contribution in [2.45, 2.75) is 18.4 Å². The number of hydrogen-bond donors (Lipinski definition) is 1. The third kappa shape index (κ3) is 1.31. The van der Waals surface area contributed by atoms with Crippen LogP contribution in [-0.2, 0) is 5.54 Å². The lowest BCUT2D eigenvalue weighted by molar-refractivity contribution is 0.174. The van der Waals surface area contributed by atoms with Crippen LogP contribution >= 0.6 is 0 Å². The molecule has 0 amide bonds. The summed E-state index contributed by atoms with van der Waals surface area (Å²) >= 11 is 0. The highest BCUT2D eigenvalue weighted by atomic mass is 16.7. The van der Waals surface area contributed by atoms with Crippen LogP contribution in [-0.4, -0.2) is 6.79 Å². The minimum absolute atomic E-state index is 0.249. The summed E-state index contributed by atoms with van der Waals surface area (Å²) in [4.78, 5) is 0. The summed E-state index contributed by atoms with van der Waals surface area (Å²) in [6.07, 6.45) is 6.05. The van der Waals surface area contributed by atoms with Crippen LogP contribution < -0.4 is 15.2 Å². The Morgan fingerprint density at radius 1 is 1.07 bits per heavy atom. The summed E-state index contributed by atoms with van der Waals surface area (Å²) in [5.74, 6) is 1.62. The van der Waals surface area contributed by atoms with Gasteiger partial charge in [0.25, 0.3) is 0 Å². The Bertz CT molecular complexity index is 418. The van der Waals surface area contributed by atoms with E-state index in [1.165, 1.54) is 0 Å². The lowest BCUT2D eigenvalue weighted by atomic mass is 9.88. The molecule has 2 N–H and O–H groups in total. The summed E-state index contributed by atoms with van der Waals surface area (Å²) in [5.41, 5.74) is 7.19. The number of fused-ring (bicyclic) bond motifs is 1. The average Bonchev–Trinajstić information content (AvgIpc) is 2.85. The second-order valence-electron chi connectivity index (χ2n) is 4.10. The molecule has 0 bridgehead atoms. The quantitative estimate of drug-likeness (QED) is 0.709. The smallest absolute Gasteiger partial charge is 0.231 e. The van der Waals surface area contributed by atoms with Gasteiger partial charge in [-0.05, 0) is 30.5 Å². The van der Waals surface area contributed by atoms with Crippen molar-refractivity contribution in [3.63, 3.8) is 0 Å². The highest BCUT2D eigenvalue weighted by Gasteiger charge is 2.29. The molecule has 1 aliphatic carbocycles. The van der Waals surface area contributed by atoms with Crippen molar-refractivity contribution in [2.24, 2.45) is 5.73 Å². The molecular formula is C12H13NO2. The van der Waals surface area contributed by atoms with Gasteiger partial charge in [-0.15, -0.1) is 0 Å². The van der Waals surface area contributed by atoms with Crippen LogP contribution in [0.15, 0.2) is 30.4 Å². The summed E-state index contributed by atoms with van der Waals surface area (Å²) < 4.78 is 10.6. The SMILES string of the molecule is NC1(c2ccc3c(c2)OCO3)CC=CC1. The molecule has 0 unspecified atom stereocenters. The van der Waals surface area contributed by atoms with E-state index in [1.54, 1.807) is 0 Å². The van der Waals surface area contributed by atoms with Gasteiger partial charge in [0, 0.05) is 5.54 Å². The maximum Gasteiger partial charge on any atom is 0.231 e. The molecule has 1 heterocycles. The van der Waals surface area contributed by atoms with Crippen molar-refractivity contribution >= 4 is 0 Å². The molecule has 0 radical (unpaired) electrons. The lowest BCUT2D eigenvalue weighted by Gasteiger charge is -2.24. The first-order chi connectivity index (χ1) is 7.28.